The molecule has 0 saturated carbocycles. The minimum absolute atomic E-state index is 0.0425. The Labute approximate surface area is 123 Å². The first-order valence-electron chi connectivity index (χ1n) is 6.93. The minimum Gasteiger partial charge on any atom is -0.478 e. The van der Waals surface area contributed by atoms with Crippen molar-refractivity contribution in [2.45, 2.75) is 18.9 Å². The molecule has 112 valence electrons. The van der Waals surface area contributed by atoms with Crippen LogP contribution in [0.25, 0.3) is 6.08 Å². The van der Waals surface area contributed by atoms with E-state index in [1.54, 1.807) is 30.2 Å². The Bertz CT molecular complexity index is 536. The van der Waals surface area contributed by atoms with Crippen molar-refractivity contribution in [2.75, 3.05) is 20.2 Å². The molecule has 1 unspecified atom stereocenters. The Morgan fingerprint density at radius 1 is 1.33 bits per heavy atom. The molecule has 1 atom stereocenters. The lowest BCUT2D eigenvalue weighted by molar-refractivity contribution is -0.129. The van der Waals surface area contributed by atoms with Crippen molar-refractivity contribution in [3.8, 4) is 0 Å². The maximum absolute atomic E-state index is 12.1. The highest BCUT2D eigenvalue weighted by Gasteiger charge is 2.21. The van der Waals surface area contributed by atoms with Gasteiger partial charge in [0.25, 0.3) is 0 Å². The number of carboxylic acids is 1. The molecule has 0 spiro atoms. The van der Waals surface area contributed by atoms with Crippen LogP contribution < -0.4 is 0 Å². The van der Waals surface area contributed by atoms with Gasteiger partial charge in [0, 0.05) is 26.3 Å². The average Bonchev–Trinajstić information content (AvgIpc) is 2.53. The molecule has 5 nitrogen and oxygen atoms in total. The van der Waals surface area contributed by atoms with Gasteiger partial charge in [-0.2, -0.15) is 0 Å². The van der Waals surface area contributed by atoms with Crippen LogP contribution in [0.5, 0.6) is 0 Å². The Morgan fingerprint density at radius 3 is 2.67 bits per heavy atom. The predicted molar refractivity (Wildman–Crippen MR) is 79.0 cm³/mol. The summed E-state index contributed by atoms with van der Waals surface area (Å²) >= 11 is 0. The van der Waals surface area contributed by atoms with Gasteiger partial charge in [0.2, 0.25) is 5.91 Å². The van der Waals surface area contributed by atoms with E-state index in [-0.39, 0.29) is 17.6 Å². The quantitative estimate of drug-likeness (QED) is 0.861. The predicted octanol–water partition coefficient (Wildman–Crippen LogP) is 2.04. The number of ether oxygens (including phenoxy) is 1. The van der Waals surface area contributed by atoms with Gasteiger partial charge < -0.3 is 14.7 Å². The van der Waals surface area contributed by atoms with Crippen LogP contribution in [0.15, 0.2) is 30.3 Å². The molecule has 1 N–H and O–H groups in total. The summed E-state index contributed by atoms with van der Waals surface area (Å²) in [5, 5.41) is 8.82. The summed E-state index contributed by atoms with van der Waals surface area (Å²) in [7, 11) is 1.67. The molecule has 0 aromatic heterocycles. The fourth-order valence-corrected chi connectivity index (χ4v) is 2.34. The number of rotatable bonds is 4. The summed E-state index contributed by atoms with van der Waals surface area (Å²) in [6, 6.07) is 6.41. The van der Waals surface area contributed by atoms with E-state index in [0.717, 1.165) is 24.9 Å². The maximum atomic E-state index is 12.1. The lowest BCUT2D eigenvalue weighted by atomic mass is 10.1. The number of hydrogen-bond donors (Lipinski definition) is 1. The van der Waals surface area contributed by atoms with Crippen LogP contribution in [0.2, 0.25) is 0 Å². The van der Waals surface area contributed by atoms with Gasteiger partial charge >= 0.3 is 5.97 Å². The van der Waals surface area contributed by atoms with Crippen LogP contribution in [-0.4, -0.2) is 48.2 Å². The number of piperidine rings is 1. The minimum atomic E-state index is -0.958. The summed E-state index contributed by atoms with van der Waals surface area (Å²) in [6.45, 7) is 1.37. The molecule has 0 bridgehead atoms. The fraction of sp³-hybridized carbons (Fsp3) is 0.375. The topological polar surface area (TPSA) is 66.8 Å². The van der Waals surface area contributed by atoms with Crippen LogP contribution in [-0.2, 0) is 9.53 Å². The van der Waals surface area contributed by atoms with Gasteiger partial charge in [-0.15, -0.1) is 0 Å². The second-order valence-corrected chi connectivity index (χ2v) is 5.04. The standard InChI is InChI=1S/C16H19NO4/c1-21-14-3-2-10-17(11-14)15(18)9-6-12-4-7-13(8-5-12)16(19)20/h4-9,14H,2-3,10-11H2,1H3,(H,19,20)/b9-6+. The van der Waals surface area contributed by atoms with Gasteiger partial charge in [-0.25, -0.2) is 4.79 Å². The highest BCUT2D eigenvalue weighted by Crippen LogP contribution is 2.13. The zero-order valence-electron chi connectivity index (χ0n) is 12.0. The highest BCUT2D eigenvalue weighted by atomic mass is 16.5. The molecule has 0 radical (unpaired) electrons. The van der Waals surface area contributed by atoms with E-state index in [4.69, 9.17) is 9.84 Å². The first-order valence-corrected chi connectivity index (χ1v) is 6.93. The van der Waals surface area contributed by atoms with Crippen molar-refractivity contribution in [3.63, 3.8) is 0 Å². The van der Waals surface area contributed by atoms with Crippen LogP contribution in [0.4, 0.5) is 0 Å². The Balaban J connectivity index is 1.96. The zero-order chi connectivity index (χ0) is 15.2. The zero-order valence-corrected chi connectivity index (χ0v) is 12.0. The van der Waals surface area contributed by atoms with Crippen molar-refractivity contribution in [3.05, 3.63) is 41.5 Å². The number of hydrogen-bond acceptors (Lipinski definition) is 3. The van der Waals surface area contributed by atoms with Crippen LogP contribution in [0.3, 0.4) is 0 Å². The molecule has 1 fully saturated rings. The van der Waals surface area contributed by atoms with E-state index in [2.05, 4.69) is 0 Å². The van der Waals surface area contributed by atoms with Crippen molar-refractivity contribution >= 4 is 18.0 Å². The molecule has 1 amide bonds. The number of likely N-dealkylation sites (tertiary alicyclic amines) is 1. The SMILES string of the molecule is COC1CCCN(C(=O)/C=C/c2ccc(C(=O)O)cc2)C1. The Hall–Kier alpha value is -2.14. The lowest BCUT2D eigenvalue weighted by Gasteiger charge is -2.31. The van der Waals surface area contributed by atoms with Crippen molar-refractivity contribution in [1.82, 2.24) is 4.90 Å². The number of methoxy groups -OCH3 is 1. The molecule has 1 aliphatic rings. The van der Waals surface area contributed by atoms with Gasteiger partial charge in [-0.3, -0.25) is 4.79 Å². The smallest absolute Gasteiger partial charge is 0.335 e. The maximum Gasteiger partial charge on any atom is 0.335 e. The molecule has 1 aromatic rings. The number of carbonyl (C=O) groups is 2. The van der Waals surface area contributed by atoms with Gasteiger partial charge in [0.1, 0.15) is 0 Å². The van der Waals surface area contributed by atoms with Gasteiger partial charge in [0.05, 0.1) is 11.7 Å². The largest absolute Gasteiger partial charge is 0.478 e. The second kappa shape index (κ2) is 7.04. The summed E-state index contributed by atoms with van der Waals surface area (Å²) in [4.78, 5) is 24.6. The molecular weight excluding hydrogens is 270 g/mol. The average molecular weight is 289 g/mol. The summed E-state index contributed by atoms with van der Waals surface area (Å²) in [5.41, 5.74) is 1.03. The van der Waals surface area contributed by atoms with E-state index >= 15 is 0 Å². The number of nitrogens with zero attached hydrogens (tertiary/aromatic N) is 1. The number of carbonyl (C=O) groups excluding carboxylic acids is 1. The number of benzene rings is 1. The van der Waals surface area contributed by atoms with Gasteiger partial charge in [0.15, 0.2) is 0 Å². The molecule has 5 heteroatoms. The van der Waals surface area contributed by atoms with E-state index < -0.39 is 5.97 Å². The van der Waals surface area contributed by atoms with Crippen LogP contribution in [0.1, 0.15) is 28.8 Å². The number of aromatic carboxylic acids is 1. The first kappa shape index (κ1) is 15.3. The van der Waals surface area contributed by atoms with Crippen molar-refractivity contribution in [2.24, 2.45) is 0 Å². The highest BCUT2D eigenvalue weighted by molar-refractivity contribution is 5.92. The number of carboxylic acid groups (broad SMARTS) is 1. The van der Waals surface area contributed by atoms with Crippen molar-refractivity contribution < 1.29 is 19.4 Å². The summed E-state index contributed by atoms with van der Waals surface area (Å²) in [6.07, 6.45) is 5.27. The second-order valence-electron chi connectivity index (χ2n) is 5.04. The van der Waals surface area contributed by atoms with E-state index in [0.29, 0.717) is 6.54 Å². The van der Waals surface area contributed by atoms with Gasteiger partial charge in [-0.1, -0.05) is 12.1 Å². The lowest BCUT2D eigenvalue weighted by Crippen LogP contribution is -2.42. The molecule has 1 saturated heterocycles. The summed E-state index contributed by atoms with van der Waals surface area (Å²) in [5.74, 6) is -1.00. The molecule has 2 rings (SSSR count). The van der Waals surface area contributed by atoms with Crippen LogP contribution >= 0.6 is 0 Å². The molecule has 21 heavy (non-hydrogen) atoms. The molecular formula is C16H19NO4. The van der Waals surface area contributed by atoms with Crippen LogP contribution in [0, 0.1) is 0 Å². The fourth-order valence-electron chi connectivity index (χ4n) is 2.34. The Morgan fingerprint density at radius 2 is 2.05 bits per heavy atom. The molecule has 1 heterocycles. The number of amides is 1. The monoisotopic (exact) mass is 289 g/mol. The first-order chi connectivity index (χ1) is 10.1. The third-order valence-corrected chi connectivity index (χ3v) is 3.60. The molecule has 1 aromatic carbocycles. The third-order valence-electron chi connectivity index (χ3n) is 3.60. The van der Waals surface area contributed by atoms with Crippen molar-refractivity contribution in [1.29, 1.82) is 0 Å². The van der Waals surface area contributed by atoms with E-state index in [1.807, 2.05) is 0 Å². The molecule has 1 aliphatic heterocycles. The van der Waals surface area contributed by atoms with Gasteiger partial charge in [-0.05, 0) is 36.6 Å². The normalized spacial score (nSPS) is 18.9. The third kappa shape index (κ3) is 4.16. The van der Waals surface area contributed by atoms with E-state index in [1.165, 1.54) is 18.2 Å². The summed E-state index contributed by atoms with van der Waals surface area (Å²) < 4.78 is 5.30. The Kier molecular flexibility index (Phi) is 5.11. The van der Waals surface area contributed by atoms with E-state index in [9.17, 15) is 9.59 Å². The molecule has 0 aliphatic carbocycles.